The lowest BCUT2D eigenvalue weighted by Crippen LogP contribution is -2.12. The number of rotatable bonds is 12. The molecule has 0 saturated carbocycles. The van der Waals surface area contributed by atoms with Crippen molar-refractivity contribution in [3.63, 3.8) is 0 Å². The minimum atomic E-state index is 1.15. The van der Waals surface area contributed by atoms with Gasteiger partial charge in [0.25, 0.3) is 0 Å². The Labute approximate surface area is 837 Å². The monoisotopic (exact) mass is 1840 g/mol. The number of nitrogens with zero attached hydrogens (tertiary/aromatic N) is 4. The van der Waals surface area contributed by atoms with Gasteiger partial charge in [0, 0.05) is 65.8 Å². The largest absolute Gasteiger partial charge is 0.309 e. The first kappa shape index (κ1) is 87.1. The van der Waals surface area contributed by atoms with E-state index in [1.807, 2.05) is 0 Å². The molecule has 0 bridgehead atoms. The topological polar surface area (TPSA) is 13.0 Å². The molecular weight excluding hydrogens is 1740 g/mol. The van der Waals surface area contributed by atoms with Crippen LogP contribution in [0.25, 0.3) is 172 Å². The van der Waals surface area contributed by atoms with Gasteiger partial charge in [-0.15, -0.1) is 0 Å². The summed E-state index contributed by atoms with van der Waals surface area (Å²) in [7, 11) is 0. The van der Waals surface area contributed by atoms with Gasteiger partial charge in [-0.05, 0) is 265 Å². The van der Waals surface area contributed by atoms with Crippen LogP contribution in [-0.4, -0.2) is 0 Å². The first-order valence-electron chi connectivity index (χ1n) is 49.8. The van der Waals surface area contributed by atoms with Crippen LogP contribution >= 0.6 is 0 Å². The zero-order chi connectivity index (χ0) is 96.2. The van der Waals surface area contributed by atoms with Crippen LogP contribution in [0.5, 0.6) is 0 Å². The smallest absolute Gasteiger partial charge is 0.0546 e. The highest BCUT2D eigenvalue weighted by atomic mass is 15.2. The molecule has 4 nitrogen and oxygen atoms in total. The highest BCUT2D eigenvalue weighted by Crippen LogP contribution is 2.52. The van der Waals surface area contributed by atoms with Gasteiger partial charge in [-0.2, -0.15) is 0 Å². The molecule has 144 heavy (non-hydrogen) atoms. The maximum absolute atomic E-state index is 2.46. The predicted octanol–water partition coefficient (Wildman–Crippen LogP) is 40.3. The SMILES string of the molecule is Cc1ccc(N(c2cccc3c2ccc2ccccc23)c2cc3ccccc3c3ccccc23)cc1.Cc1cccc(N(c2cccc3c2ccc2ccccc23)c2cc3ccccc3c3ccccc23)c1.Cc1cccc(N(c2cccc3c2ccc2ccccc23)c2cccc3ccc4ccccc4c23)c1.Cc1ccccc1N(c1cccc2c1ccc1ccccc12)c1cccc2ccc3ccccc3c12. The van der Waals surface area contributed by atoms with Crippen molar-refractivity contribution < 1.29 is 0 Å². The maximum Gasteiger partial charge on any atom is 0.0546 e. The van der Waals surface area contributed by atoms with Crippen LogP contribution in [0.1, 0.15) is 22.3 Å². The molecule has 0 aliphatic heterocycles. The molecule has 0 heterocycles. The van der Waals surface area contributed by atoms with Crippen LogP contribution in [0.4, 0.5) is 68.2 Å². The average Bonchev–Trinajstić information content (AvgIpc) is 0.758. The highest BCUT2D eigenvalue weighted by molar-refractivity contribution is 6.24. The van der Waals surface area contributed by atoms with Gasteiger partial charge in [-0.1, -0.05) is 448 Å². The Morgan fingerprint density at radius 1 is 0.111 bits per heavy atom. The summed E-state index contributed by atoms with van der Waals surface area (Å²) < 4.78 is 0. The Hall–Kier alpha value is -18.5. The summed E-state index contributed by atoms with van der Waals surface area (Å²) in [5.41, 5.74) is 19.2. The van der Waals surface area contributed by atoms with Crippen LogP contribution in [0.3, 0.4) is 0 Å². The van der Waals surface area contributed by atoms with Crippen LogP contribution in [-0.2, 0) is 0 Å². The minimum Gasteiger partial charge on any atom is -0.309 e. The Kier molecular flexibility index (Phi) is 22.6. The summed E-state index contributed by atoms with van der Waals surface area (Å²) in [4.78, 5) is 9.78. The number of aryl methyl sites for hydroxylation is 4. The van der Waals surface area contributed by atoms with Crippen molar-refractivity contribution in [2.24, 2.45) is 0 Å². The van der Waals surface area contributed by atoms with Crippen molar-refractivity contribution in [1.29, 1.82) is 0 Å². The molecule has 28 rings (SSSR count). The normalized spacial score (nSPS) is 11.5. The first-order valence-corrected chi connectivity index (χ1v) is 49.8. The van der Waals surface area contributed by atoms with Gasteiger partial charge in [-0.3, -0.25) is 0 Å². The zero-order valence-electron chi connectivity index (χ0n) is 80.6. The quantitative estimate of drug-likeness (QED) is 0.113. The number of hydrogen-bond acceptors (Lipinski definition) is 4. The van der Waals surface area contributed by atoms with E-state index in [0.717, 1.165) is 17.1 Å². The van der Waals surface area contributed by atoms with E-state index < -0.39 is 0 Å². The summed E-state index contributed by atoms with van der Waals surface area (Å²) in [6, 6.07) is 194. The van der Waals surface area contributed by atoms with Crippen molar-refractivity contribution in [3.05, 3.63) is 556 Å². The lowest BCUT2D eigenvalue weighted by atomic mass is 9.97. The molecule has 0 N–H and O–H groups in total. The van der Waals surface area contributed by atoms with Crippen molar-refractivity contribution in [3.8, 4) is 0 Å². The van der Waals surface area contributed by atoms with E-state index in [-0.39, 0.29) is 0 Å². The second-order valence-corrected chi connectivity index (χ2v) is 37.9. The van der Waals surface area contributed by atoms with Crippen molar-refractivity contribution in [2.75, 3.05) is 19.6 Å². The molecule has 680 valence electrons. The molecule has 0 atom stereocenters. The minimum absolute atomic E-state index is 1.15. The van der Waals surface area contributed by atoms with Crippen LogP contribution in [0.15, 0.2) is 534 Å². The van der Waals surface area contributed by atoms with E-state index in [1.165, 1.54) is 246 Å². The van der Waals surface area contributed by atoms with Gasteiger partial charge in [0.15, 0.2) is 0 Å². The van der Waals surface area contributed by atoms with E-state index in [9.17, 15) is 0 Å². The molecule has 4 heteroatoms. The Morgan fingerprint density at radius 3 is 0.708 bits per heavy atom. The van der Waals surface area contributed by atoms with E-state index in [2.05, 4.69) is 581 Å². The molecular formula is C140H100N4. The molecule has 0 spiro atoms. The van der Waals surface area contributed by atoms with Gasteiger partial charge >= 0.3 is 0 Å². The molecule has 28 aromatic rings. The van der Waals surface area contributed by atoms with Crippen molar-refractivity contribution >= 4 is 241 Å². The van der Waals surface area contributed by atoms with Gasteiger partial charge in [-0.25, -0.2) is 0 Å². The molecule has 0 saturated heterocycles. The molecule has 0 unspecified atom stereocenters. The summed E-state index contributed by atoms with van der Waals surface area (Å²) in [6.07, 6.45) is 0. The summed E-state index contributed by atoms with van der Waals surface area (Å²) >= 11 is 0. The lowest BCUT2D eigenvalue weighted by molar-refractivity contribution is 1.27. The third-order valence-corrected chi connectivity index (χ3v) is 29.1. The maximum atomic E-state index is 2.46. The summed E-state index contributed by atoms with van der Waals surface area (Å²) in [5, 5.41) is 40.4. The molecule has 0 fully saturated rings. The third-order valence-electron chi connectivity index (χ3n) is 29.1. The zero-order valence-corrected chi connectivity index (χ0v) is 80.6. The highest BCUT2D eigenvalue weighted by Gasteiger charge is 2.27. The van der Waals surface area contributed by atoms with Gasteiger partial charge < -0.3 is 19.6 Å². The molecule has 0 amide bonds. The number of para-hydroxylation sites is 1. The Bertz CT molecular complexity index is 9730. The predicted molar refractivity (Wildman–Crippen MR) is 624 cm³/mol. The summed E-state index contributed by atoms with van der Waals surface area (Å²) in [6.45, 7) is 8.67. The number of hydrogen-bond donors (Lipinski definition) is 0. The molecule has 0 aliphatic carbocycles. The van der Waals surface area contributed by atoms with Crippen LogP contribution < -0.4 is 19.6 Å². The molecule has 0 aromatic heterocycles. The fourth-order valence-electron chi connectivity index (χ4n) is 22.4. The van der Waals surface area contributed by atoms with Gasteiger partial charge in [0.2, 0.25) is 0 Å². The number of benzene rings is 28. The van der Waals surface area contributed by atoms with Crippen LogP contribution in [0, 0.1) is 27.7 Å². The second-order valence-electron chi connectivity index (χ2n) is 37.9. The second kappa shape index (κ2) is 37.4. The van der Waals surface area contributed by atoms with E-state index in [1.54, 1.807) is 0 Å². The van der Waals surface area contributed by atoms with E-state index in [0.29, 0.717) is 0 Å². The van der Waals surface area contributed by atoms with E-state index in [4.69, 9.17) is 0 Å². The van der Waals surface area contributed by atoms with Gasteiger partial charge in [0.1, 0.15) is 0 Å². The molecule has 0 aliphatic rings. The van der Waals surface area contributed by atoms with Crippen molar-refractivity contribution in [1.82, 2.24) is 0 Å². The first-order chi connectivity index (χ1) is 71.1. The fourth-order valence-corrected chi connectivity index (χ4v) is 22.4. The van der Waals surface area contributed by atoms with Crippen molar-refractivity contribution in [2.45, 2.75) is 27.7 Å². The Balaban J connectivity index is 0.000000101. The molecule has 28 aromatic carbocycles. The fraction of sp³-hybridized carbons (Fsp3) is 0.0286. The number of fused-ring (bicyclic) bond motifs is 24. The standard InChI is InChI=1S/4C35H25N/c1-24-10-2-7-17-32(24)36(33-18-9-16-30-28-14-5-3-11-25(28)22-23-31(30)33)34-19-8-13-27-21-20-26-12-4-6-15-29(26)35(27)34;1-24-9-6-13-28(23-24)36(33-17-8-16-31-29-14-4-2-10-25(29)21-22-32(31)33)34-18-7-12-27-20-19-26-11-3-5-15-30(26)35(27)34;1-24-10-8-13-27(22-24)36(34-19-9-18-31-28-14-4-2-11-25(28)20-21-33(31)34)35-23-26-12-3-5-15-29(26)30-16-6-7-17-32(30)35;1-24-17-20-27(21-18-24)36(34-16-8-15-31-28-11-4-2-9-25(28)19-22-33(31)34)35-23-26-10-3-5-12-29(26)30-13-6-7-14-32(30)35/h4*2-23H,1H3. The van der Waals surface area contributed by atoms with E-state index >= 15 is 0 Å². The number of anilines is 12. The lowest BCUT2D eigenvalue weighted by Gasteiger charge is -2.30. The summed E-state index contributed by atoms with van der Waals surface area (Å²) in [5.74, 6) is 0. The average molecular weight is 1840 g/mol. The third kappa shape index (κ3) is 15.8. The Morgan fingerprint density at radius 2 is 0.340 bits per heavy atom. The van der Waals surface area contributed by atoms with Crippen LogP contribution in [0.2, 0.25) is 0 Å². The molecule has 0 radical (unpaired) electrons. The van der Waals surface area contributed by atoms with Gasteiger partial charge in [0.05, 0.1) is 45.5 Å².